The molecule has 29 heavy (non-hydrogen) atoms. The van der Waals surface area contributed by atoms with E-state index in [0.29, 0.717) is 24.4 Å². The van der Waals surface area contributed by atoms with Crippen molar-refractivity contribution in [1.29, 1.82) is 0 Å². The Labute approximate surface area is 167 Å². The van der Waals surface area contributed by atoms with Gasteiger partial charge in [0.2, 0.25) is 5.91 Å². The molecule has 7 heteroatoms. The number of amides is 1. The highest BCUT2D eigenvalue weighted by Gasteiger charge is 2.31. The molecule has 1 atom stereocenters. The second-order valence-electron chi connectivity index (χ2n) is 7.17. The van der Waals surface area contributed by atoms with Gasteiger partial charge in [0.05, 0.1) is 37.8 Å². The highest BCUT2D eigenvalue weighted by atomic mass is 16.5. The first-order valence-electron chi connectivity index (χ1n) is 9.50. The predicted molar refractivity (Wildman–Crippen MR) is 107 cm³/mol. The number of ether oxygens (including phenoxy) is 1. The van der Waals surface area contributed by atoms with Crippen LogP contribution in [0, 0.1) is 0 Å². The first kappa shape index (κ1) is 17.5. The molecule has 2 aromatic heterocycles. The van der Waals surface area contributed by atoms with Crippen molar-refractivity contribution in [3.05, 3.63) is 77.5 Å². The van der Waals surface area contributed by atoms with Gasteiger partial charge in [-0.3, -0.25) is 4.79 Å². The highest BCUT2D eigenvalue weighted by molar-refractivity contribution is 5.86. The van der Waals surface area contributed by atoms with Gasteiger partial charge in [-0.15, -0.1) is 0 Å². The van der Waals surface area contributed by atoms with Gasteiger partial charge in [-0.2, -0.15) is 0 Å². The van der Waals surface area contributed by atoms with Crippen LogP contribution in [-0.4, -0.2) is 39.6 Å². The number of nitrogens with one attached hydrogen (secondary N) is 1. The Hall–Kier alpha value is -3.61. The molecule has 146 valence electrons. The summed E-state index contributed by atoms with van der Waals surface area (Å²) in [5, 5.41) is 4.99. The van der Waals surface area contributed by atoms with Gasteiger partial charge in [-0.25, -0.2) is 4.98 Å². The van der Waals surface area contributed by atoms with Gasteiger partial charge >= 0.3 is 0 Å². The van der Waals surface area contributed by atoms with E-state index in [0.717, 1.165) is 28.1 Å². The maximum Gasteiger partial charge on any atom is 0.229 e. The standard InChI is InChI=1S/C22H20N4O3/c1-28-15-8-6-14(7-9-15)17-11-26(12-19-22(17)24-13-23-19)21(27)10-18-16-4-2-3-5-20(16)29-25-18/h2-9,13,17H,10-12H2,1H3,(H,23,24). The number of fused-ring (bicyclic) bond motifs is 2. The van der Waals surface area contributed by atoms with Crippen molar-refractivity contribution in [2.75, 3.05) is 13.7 Å². The number of hydrogen-bond acceptors (Lipinski definition) is 5. The quantitative estimate of drug-likeness (QED) is 0.580. The zero-order valence-electron chi connectivity index (χ0n) is 16.0. The lowest BCUT2D eigenvalue weighted by Gasteiger charge is -2.32. The van der Waals surface area contributed by atoms with E-state index in [-0.39, 0.29) is 18.2 Å². The first-order chi connectivity index (χ1) is 14.2. The number of methoxy groups -OCH3 is 1. The van der Waals surface area contributed by atoms with Crippen LogP contribution in [0.5, 0.6) is 5.75 Å². The number of benzene rings is 2. The fraction of sp³-hybridized carbons (Fsp3) is 0.227. The lowest BCUT2D eigenvalue weighted by atomic mass is 9.90. The van der Waals surface area contributed by atoms with Gasteiger partial charge in [0.1, 0.15) is 11.4 Å². The van der Waals surface area contributed by atoms with Crippen molar-refractivity contribution in [1.82, 2.24) is 20.0 Å². The Morgan fingerprint density at radius 2 is 2.07 bits per heavy atom. The molecule has 0 bridgehead atoms. The number of imidazole rings is 1. The molecule has 0 saturated carbocycles. The van der Waals surface area contributed by atoms with Crippen molar-refractivity contribution in [2.24, 2.45) is 0 Å². The molecule has 0 fully saturated rings. The van der Waals surface area contributed by atoms with Crippen LogP contribution < -0.4 is 4.74 Å². The summed E-state index contributed by atoms with van der Waals surface area (Å²) in [4.78, 5) is 22.7. The van der Waals surface area contributed by atoms with Gasteiger partial charge in [-0.05, 0) is 29.8 Å². The van der Waals surface area contributed by atoms with Crippen molar-refractivity contribution in [2.45, 2.75) is 18.9 Å². The van der Waals surface area contributed by atoms with E-state index in [1.165, 1.54) is 0 Å². The number of carbonyl (C=O) groups excluding carboxylic acids is 1. The van der Waals surface area contributed by atoms with E-state index < -0.39 is 0 Å². The summed E-state index contributed by atoms with van der Waals surface area (Å²) in [5.41, 5.74) is 4.42. The number of H-pyrrole nitrogens is 1. The average Bonchev–Trinajstić information content (AvgIpc) is 3.40. The van der Waals surface area contributed by atoms with Crippen molar-refractivity contribution < 1.29 is 14.1 Å². The van der Waals surface area contributed by atoms with E-state index >= 15 is 0 Å². The minimum Gasteiger partial charge on any atom is -0.497 e. The van der Waals surface area contributed by atoms with E-state index in [4.69, 9.17) is 9.26 Å². The molecule has 7 nitrogen and oxygen atoms in total. The minimum absolute atomic E-state index is 0.00825. The van der Waals surface area contributed by atoms with Crippen molar-refractivity contribution in [3.8, 4) is 5.75 Å². The molecule has 0 radical (unpaired) electrons. The normalized spacial score (nSPS) is 16.0. The van der Waals surface area contributed by atoms with E-state index in [1.807, 2.05) is 53.4 Å². The summed E-state index contributed by atoms with van der Waals surface area (Å²) in [6.07, 6.45) is 1.90. The molecular weight excluding hydrogens is 368 g/mol. The Kier molecular flexibility index (Phi) is 4.27. The predicted octanol–water partition coefficient (Wildman–Crippen LogP) is 3.28. The summed E-state index contributed by atoms with van der Waals surface area (Å²) in [6, 6.07) is 15.5. The molecule has 1 N–H and O–H groups in total. The molecule has 1 aliphatic heterocycles. The lowest BCUT2D eigenvalue weighted by molar-refractivity contribution is -0.131. The largest absolute Gasteiger partial charge is 0.497 e. The minimum atomic E-state index is 0.00825. The number of nitrogens with zero attached hydrogens (tertiary/aromatic N) is 3. The van der Waals surface area contributed by atoms with Crippen LogP contribution in [-0.2, 0) is 17.8 Å². The molecule has 1 aliphatic rings. The first-order valence-corrected chi connectivity index (χ1v) is 9.50. The van der Waals surface area contributed by atoms with Crippen LogP contribution in [0.1, 0.15) is 28.6 Å². The van der Waals surface area contributed by atoms with Gasteiger partial charge in [0, 0.05) is 17.8 Å². The van der Waals surface area contributed by atoms with Gasteiger partial charge in [0.15, 0.2) is 5.58 Å². The zero-order valence-corrected chi connectivity index (χ0v) is 16.0. The average molecular weight is 388 g/mol. The Balaban J connectivity index is 1.41. The third-order valence-corrected chi connectivity index (χ3v) is 5.48. The number of hydrogen-bond donors (Lipinski definition) is 1. The second kappa shape index (κ2) is 7.09. The van der Waals surface area contributed by atoms with E-state index in [9.17, 15) is 4.79 Å². The molecule has 0 aliphatic carbocycles. The van der Waals surface area contributed by atoms with Crippen LogP contribution in [0.3, 0.4) is 0 Å². The molecule has 0 saturated heterocycles. The van der Waals surface area contributed by atoms with Crippen LogP contribution in [0.2, 0.25) is 0 Å². The van der Waals surface area contributed by atoms with Crippen LogP contribution >= 0.6 is 0 Å². The third-order valence-electron chi connectivity index (χ3n) is 5.48. The van der Waals surface area contributed by atoms with E-state index in [2.05, 4.69) is 15.1 Å². The fourth-order valence-electron chi connectivity index (χ4n) is 3.93. The van der Waals surface area contributed by atoms with Crippen LogP contribution in [0.4, 0.5) is 0 Å². The Morgan fingerprint density at radius 1 is 1.24 bits per heavy atom. The summed E-state index contributed by atoms with van der Waals surface area (Å²) >= 11 is 0. The molecule has 0 spiro atoms. The molecule has 5 rings (SSSR count). The van der Waals surface area contributed by atoms with Crippen molar-refractivity contribution in [3.63, 3.8) is 0 Å². The fourth-order valence-corrected chi connectivity index (χ4v) is 3.93. The number of aromatic nitrogens is 3. The molecule has 4 aromatic rings. The van der Waals surface area contributed by atoms with Gasteiger partial charge in [0.25, 0.3) is 0 Å². The van der Waals surface area contributed by atoms with E-state index in [1.54, 1.807) is 13.4 Å². The molecule has 2 aromatic carbocycles. The zero-order chi connectivity index (χ0) is 19.8. The maximum atomic E-state index is 13.1. The monoisotopic (exact) mass is 388 g/mol. The van der Waals surface area contributed by atoms with Crippen LogP contribution in [0.25, 0.3) is 11.0 Å². The van der Waals surface area contributed by atoms with Crippen molar-refractivity contribution >= 4 is 16.9 Å². The molecular formula is C22H20N4O3. The molecule has 1 unspecified atom stereocenters. The summed E-state index contributed by atoms with van der Waals surface area (Å²) in [5.74, 6) is 0.828. The number of rotatable bonds is 4. The smallest absolute Gasteiger partial charge is 0.229 e. The molecule has 1 amide bonds. The van der Waals surface area contributed by atoms with Gasteiger partial charge < -0.3 is 19.1 Å². The summed E-state index contributed by atoms with van der Waals surface area (Å²) < 4.78 is 10.6. The summed E-state index contributed by atoms with van der Waals surface area (Å²) in [6.45, 7) is 1.08. The Morgan fingerprint density at radius 3 is 2.90 bits per heavy atom. The maximum absolute atomic E-state index is 13.1. The topological polar surface area (TPSA) is 84.2 Å². The Bertz CT molecular complexity index is 1160. The number of carbonyl (C=O) groups is 1. The second-order valence-corrected chi connectivity index (χ2v) is 7.17. The van der Waals surface area contributed by atoms with Crippen LogP contribution in [0.15, 0.2) is 59.4 Å². The van der Waals surface area contributed by atoms with Gasteiger partial charge in [-0.1, -0.05) is 29.4 Å². The summed E-state index contributed by atoms with van der Waals surface area (Å²) in [7, 11) is 1.65. The lowest BCUT2D eigenvalue weighted by Crippen LogP contribution is -2.39. The number of aromatic amines is 1. The molecule has 3 heterocycles. The third kappa shape index (κ3) is 3.14. The number of para-hydroxylation sites is 1. The SMILES string of the molecule is COc1ccc(C2CN(C(=O)Cc3noc4ccccc34)Cc3[nH]cnc32)cc1. The highest BCUT2D eigenvalue weighted by Crippen LogP contribution is 2.32.